The molecule has 1 aromatic carbocycles. The van der Waals surface area contributed by atoms with Crippen LogP contribution in [0.2, 0.25) is 0 Å². The molecule has 0 fully saturated rings. The van der Waals surface area contributed by atoms with Gasteiger partial charge in [0.2, 0.25) is 0 Å². The number of nitrogens with one attached hydrogen (secondary N) is 2. The summed E-state index contributed by atoms with van der Waals surface area (Å²) < 4.78 is 0. The van der Waals surface area contributed by atoms with Crippen molar-refractivity contribution in [2.24, 2.45) is 0 Å². The molecule has 22 heavy (non-hydrogen) atoms. The molecule has 0 bridgehead atoms. The number of nitrogens with zero attached hydrogens (tertiary/aromatic N) is 2. The molecule has 1 aliphatic carbocycles. The Morgan fingerprint density at radius 1 is 1.27 bits per heavy atom. The van der Waals surface area contributed by atoms with Gasteiger partial charge in [0, 0.05) is 11.6 Å². The number of amides is 2. The smallest absolute Gasteiger partial charge is 0.315 e. The monoisotopic (exact) mass is 314 g/mol. The summed E-state index contributed by atoms with van der Waals surface area (Å²) in [5, 5.41) is 15.7. The quantitative estimate of drug-likeness (QED) is 0.852. The van der Waals surface area contributed by atoms with Crippen molar-refractivity contribution < 1.29 is 4.79 Å². The van der Waals surface area contributed by atoms with Gasteiger partial charge in [-0.1, -0.05) is 53.8 Å². The Bertz CT molecular complexity index is 653. The van der Waals surface area contributed by atoms with Crippen molar-refractivity contribution in [3.05, 3.63) is 47.5 Å². The molecule has 2 amide bonds. The van der Waals surface area contributed by atoms with E-state index in [4.69, 9.17) is 0 Å². The van der Waals surface area contributed by atoms with Gasteiger partial charge in [0.25, 0.3) is 0 Å². The van der Waals surface area contributed by atoms with Crippen molar-refractivity contribution >= 4 is 17.4 Å². The van der Waals surface area contributed by atoms with E-state index in [1.54, 1.807) is 0 Å². The first-order chi connectivity index (χ1) is 10.8. The van der Waals surface area contributed by atoms with E-state index in [1.807, 2.05) is 30.3 Å². The molecule has 0 spiro atoms. The summed E-state index contributed by atoms with van der Waals surface area (Å²) >= 11 is 1.50. The van der Waals surface area contributed by atoms with E-state index < -0.39 is 0 Å². The molecule has 114 valence electrons. The maximum atomic E-state index is 11.9. The van der Waals surface area contributed by atoms with Crippen LogP contribution in [0.1, 0.15) is 24.3 Å². The number of hydrogen-bond donors (Lipinski definition) is 2. The average molecular weight is 314 g/mol. The number of allylic oxidation sites excluding steroid dienone is 1. The summed E-state index contributed by atoms with van der Waals surface area (Å²) in [6, 6.07) is 9.90. The maximum Gasteiger partial charge on any atom is 0.315 e. The standard InChI is InChI=1S/C16H18N4OS/c21-16(18-13-9-5-2-6-10-13)17-11-14-19-20-15(22-14)12-7-3-1-4-8-12/h1,3-5,7-9,13H,2,6,10-11H2,(H2,17,18,21). The number of carbonyl (C=O) groups is 1. The second-order valence-corrected chi connectivity index (χ2v) is 6.22. The number of urea groups is 1. The summed E-state index contributed by atoms with van der Waals surface area (Å²) in [5.41, 5.74) is 1.04. The van der Waals surface area contributed by atoms with E-state index >= 15 is 0 Å². The highest BCUT2D eigenvalue weighted by Crippen LogP contribution is 2.22. The van der Waals surface area contributed by atoms with Crippen molar-refractivity contribution in [3.8, 4) is 10.6 Å². The van der Waals surface area contributed by atoms with Gasteiger partial charge in [-0.25, -0.2) is 4.79 Å². The normalized spacial score (nSPS) is 17.2. The molecule has 3 rings (SSSR count). The molecule has 0 saturated heterocycles. The predicted octanol–water partition coefficient (Wildman–Crippen LogP) is 3.11. The second-order valence-electron chi connectivity index (χ2n) is 5.16. The fourth-order valence-electron chi connectivity index (χ4n) is 2.33. The first kappa shape index (κ1) is 14.7. The molecule has 1 aromatic heterocycles. The fraction of sp³-hybridized carbons (Fsp3) is 0.312. The van der Waals surface area contributed by atoms with Crippen molar-refractivity contribution in [3.63, 3.8) is 0 Å². The van der Waals surface area contributed by atoms with E-state index in [1.165, 1.54) is 11.3 Å². The van der Waals surface area contributed by atoms with E-state index in [0.717, 1.165) is 34.8 Å². The van der Waals surface area contributed by atoms with Crippen molar-refractivity contribution in [1.82, 2.24) is 20.8 Å². The molecule has 1 unspecified atom stereocenters. The molecule has 1 aliphatic rings. The molecule has 1 atom stereocenters. The van der Waals surface area contributed by atoms with Crippen LogP contribution in [0.25, 0.3) is 10.6 Å². The summed E-state index contributed by atoms with van der Waals surface area (Å²) in [6.45, 7) is 0.396. The number of benzene rings is 1. The van der Waals surface area contributed by atoms with Gasteiger partial charge in [-0.15, -0.1) is 10.2 Å². The van der Waals surface area contributed by atoms with E-state index in [9.17, 15) is 4.79 Å². The molecular formula is C16H18N4OS. The molecule has 6 heteroatoms. The Balaban J connectivity index is 1.51. The molecule has 2 N–H and O–H groups in total. The summed E-state index contributed by atoms with van der Waals surface area (Å²) in [5.74, 6) is 0. The van der Waals surface area contributed by atoms with E-state index in [0.29, 0.717) is 6.54 Å². The lowest BCUT2D eigenvalue weighted by molar-refractivity contribution is 0.237. The fourth-order valence-corrected chi connectivity index (χ4v) is 3.12. The van der Waals surface area contributed by atoms with Crippen LogP contribution < -0.4 is 10.6 Å². The van der Waals surface area contributed by atoms with Crippen LogP contribution in [0.3, 0.4) is 0 Å². The highest BCUT2D eigenvalue weighted by Gasteiger charge is 2.12. The Kier molecular flexibility index (Phi) is 4.80. The van der Waals surface area contributed by atoms with Crippen LogP contribution in [0.4, 0.5) is 4.79 Å². The Morgan fingerprint density at radius 3 is 2.91 bits per heavy atom. The first-order valence-electron chi connectivity index (χ1n) is 7.40. The van der Waals surface area contributed by atoms with Crippen LogP contribution in [0.15, 0.2) is 42.5 Å². The largest absolute Gasteiger partial charge is 0.332 e. The highest BCUT2D eigenvalue weighted by atomic mass is 32.1. The van der Waals surface area contributed by atoms with Crippen molar-refractivity contribution in [2.45, 2.75) is 31.8 Å². The van der Waals surface area contributed by atoms with Gasteiger partial charge < -0.3 is 10.6 Å². The Hall–Kier alpha value is -2.21. The number of carbonyl (C=O) groups excluding carboxylic acids is 1. The lowest BCUT2D eigenvalue weighted by Gasteiger charge is -2.17. The Morgan fingerprint density at radius 2 is 2.14 bits per heavy atom. The first-order valence-corrected chi connectivity index (χ1v) is 8.22. The van der Waals surface area contributed by atoms with Crippen LogP contribution in [0.5, 0.6) is 0 Å². The van der Waals surface area contributed by atoms with Gasteiger partial charge in [0.15, 0.2) is 0 Å². The van der Waals surface area contributed by atoms with Crippen LogP contribution in [-0.4, -0.2) is 22.3 Å². The average Bonchev–Trinajstić information content (AvgIpc) is 3.04. The molecule has 1 heterocycles. The molecule has 0 radical (unpaired) electrons. The number of rotatable bonds is 4. The summed E-state index contributed by atoms with van der Waals surface area (Å²) in [7, 11) is 0. The third-order valence-electron chi connectivity index (χ3n) is 3.46. The summed E-state index contributed by atoms with van der Waals surface area (Å²) in [6.07, 6.45) is 7.40. The lowest BCUT2D eigenvalue weighted by Crippen LogP contribution is -2.41. The minimum Gasteiger partial charge on any atom is -0.332 e. The van der Waals surface area contributed by atoms with Gasteiger partial charge in [0.1, 0.15) is 10.0 Å². The topological polar surface area (TPSA) is 66.9 Å². The third-order valence-corrected chi connectivity index (χ3v) is 4.43. The van der Waals surface area contributed by atoms with E-state index in [2.05, 4.69) is 33.0 Å². The second kappa shape index (κ2) is 7.17. The van der Waals surface area contributed by atoms with Crippen LogP contribution >= 0.6 is 11.3 Å². The van der Waals surface area contributed by atoms with Gasteiger partial charge in [0.05, 0.1) is 6.54 Å². The molecule has 0 saturated carbocycles. The number of hydrogen-bond acceptors (Lipinski definition) is 4. The van der Waals surface area contributed by atoms with Gasteiger partial charge in [-0.3, -0.25) is 0 Å². The van der Waals surface area contributed by atoms with E-state index in [-0.39, 0.29) is 12.1 Å². The van der Waals surface area contributed by atoms with Gasteiger partial charge >= 0.3 is 6.03 Å². The van der Waals surface area contributed by atoms with Gasteiger partial charge in [-0.2, -0.15) is 0 Å². The molecular weight excluding hydrogens is 296 g/mol. The highest BCUT2D eigenvalue weighted by molar-refractivity contribution is 7.14. The lowest BCUT2D eigenvalue weighted by atomic mass is 10.0. The molecule has 5 nitrogen and oxygen atoms in total. The molecule has 2 aromatic rings. The maximum absolute atomic E-state index is 11.9. The zero-order valence-electron chi connectivity index (χ0n) is 12.2. The van der Waals surface area contributed by atoms with Crippen molar-refractivity contribution in [2.75, 3.05) is 0 Å². The number of aromatic nitrogens is 2. The van der Waals surface area contributed by atoms with Crippen LogP contribution in [-0.2, 0) is 6.54 Å². The summed E-state index contributed by atoms with van der Waals surface area (Å²) in [4.78, 5) is 11.9. The van der Waals surface area contributed by atoms with Gasteiger partial charge in [-0.05, 0) is 19.3 Å². The third kappa shape index (κ3) is 3.92. The SMILES string of the molecule is O=C(NCc1nnc(-c2ccccc2)s1)NC1C=CCCC1. The van der Waals surface area contributed by atoms with Crippen molar-refractivity contribution in [1.29, 1.82) is 0 Å². The predicted molar refractivity (Wildman–Crippen MR) is 87.5 cm³/mol. The zero-order valence-corrected chi connectivity index (χ0v) is 13.0. The Labute approximate surface area is 133 Å². The minimum absolute atomic E-state index is 0.142. The zero-order chi connectivity index (χ0) is 15.2. The molecule has 0 aliphatic heterocycles. The van der Waals surface area contributed by atoms with Crippen LogP contribution in [0, 0.1) is 0 Å². The minimum atomic E-state index is -0.159.